The first-order chi connectivity index (χ1) is 17.9. The molecule has 37 heavy (non-hydrogen) atoms. The Morgan fingerprint density at radius 2 is 2.08 bits per heavy atom. The Morgan fingerprint density at radius 1 is 1.24 bits per heavy atom. The predicted octanol–water partition coefficient (Wildman–Crippen LogP) is 3.81. The Morgan fingerprint density at radius 3 is 2.89 bits per heavy atom. The summed E-state index contributed by atoms with van der Waals surface area (Å²) >= 11 is 1.26. The zero-order valence-electron chi connectivity index (χ0n) is 20.6. The summed E-state index contributed by atoms with van der Waals surface area (Å²) in [7, 11) is 3.52. The number of hydrogen-bond donors (Lipinski definition) is 1. The minimum atomic E-state index is -0.290. The molecule has 2 amide bonds. The van der Waals surface area contributed by atoms with Gasteiger partial charge in [0.15, 0.2) is 5.01 Å². The number of carbonyl (C=O) groups excluding carboxylic acids is 2. The van der Waals surface area contributed by atoms with Crippen LogP contribution in [0.15, 0.2) is 58.5 Å². The molecule has 2 aromatic carbocycles. The maximum absolute atomic E-state index is 14.1. The van der Waals surface area contributed by atoms with Crippen molar-refractivity contribution in [3.8, 4) is 5.75 Å². The van der Waals surface area contributed by atoms with Crippen LogP contribution in [0, 0.1) is 5.82 Å². The minimum absolute atomic E-state index is 0.185. The van der Waals surface area contributed by atoms with Gasteiger partial charge in [-0.15, -0.1) is 11.3 Å². The second-order valence-corrected chi connectivity index (χ2v) is 9.90. The van der Waals surface area contributed by atoms with E-state index in [0.717, 1.165) is 6.54 Å². The van der Waals surface area contributed by atoms with E-state index in [4.69, 9.17) is 9.15 Å². The Kier molecular flexibility index (Phi) is 7.20. The minimum Gasteiger partial charge on any atom is -0.497 e. The highest BCUT2D eigenvalue weighted by molar-refractivity contribution is 7.11. The van der Waals surface area contributed by atoms with Crippen molar-refractivity contribution in [2.45, 2.75) is 12.5 Å². The number of aromatic nitrogens is 1. The van der Waals surface area contributed by atoms with E-state index in [1.165, 1.54) is 30.8 Å². The number of amides is 2. The lowest BCUT2D eigenvalue weighted by atomic mass is 10.1. The number of fused-ring (bicyclic) bond motifs is 1. The van der Waals surface area contributed by atoms with Crippen LogP contribution < -0.4 is 10.1 Å². The van der Waals surface area contributed by atoms with E-state index in [2.05, 4.69) is 15.2 Å². The fourth-order valence-corrected chi connectivity index (χ4v) is 5.33. The molecule has 5 rings (SSSR count). The molecule has 0 unspecified atom stereocenters. The largest absolute Gasteiger partial charge is 0.497 e. The number of ether oxygens (including phenoxy) is 1. The Labute approximate surface area is 217 Å². The molecule has 1 aliphatic heterocycles. The SMILES string of the molecule is COc1cc(C(=O)NC[C@H]2CN(C)CCN2C(=O)c2nc(Cc3ccccc3F)cs2)c2ccoc2c1. The number of methoxy groups -OCH3 is 1. The summed E-state index contributed by atoms with van der Waals surface area (Å²) in [4.78, 5) is 35.0. The molecule has 1 N–H and O–H groups in total. The molecule has 8 nitrogen and oxygen atoms in total. The monoisotopic (exact) mass is 522 g/mol. The van der Waals surface area contributed by atoms with E-state index in [0.29, 0.717) is 58.1 Å². The molecule has 2 aromatic heterocycles. The lowest BCUT2D eigenvalue weighted by Gasteiger charge is -2.39. The first-order valence-electron chi connectivity index (χ1n) is 11.9. The molecule has 0 bridgehead atoms. The van der Waals surface area contributed by atoms with Crippen molar-refractivity contribution in [3.05, 3.63) is 81.8 Å². The summed E-state index contributed by atoms with van der Waals surface area (Å²) in [5.74, 6) is -0.221. The number of carbonyl (C=O) groups is 2. The van der Waals surface area contributed by atoms with Crippen LogP contribution in [0.5, 0.6) is 5.75 Å². The highest BCUT2D eigenvalue weighted by Crippen LogP contribution is 2.26. The second kappa shape index (κ2) is 10.7. The standard InChI is InChI=1S/C27H27FN4O4S/c1-31-8-9-32(27(34)26-30-18(16-37-26)11-17-5-3-4-6-23(17)28)19(15-31)14-29-25(33)22-12-20(35-2)13-24-21(22)7-10-36-24/h3-7,10,12-13,16,19H,8-9,11,14-15H2,1-2H3,(H,29,33)/t19-/m0/s1. The number of nitrogens with one attached hydrogen (secondary N) is 1. The third-order valence-corrected chi connectivity index (χ3v) is 7.41. The molecule has 0 spiro atoms. The molecular weight excluding hydrogens is 495 g/mol. The molecule has 1 saturated heterocycles. The van der Waals surface area contributed by atoms with Crippen LogP contribution in [0.25, 0.3) is 11.0 Å². The number of benzene rings is 2. The van der Waals surface area contributed by atoms with Crippen molar-refractivity contribution in [1.29, 1.82) is 0 Å². The molecule has 1 fully saturated rings. The molecule has 4 aromatic rings. The van der Waals surface area contributed by atoms with Crippen LogP contribution in [0.1, 0.15) is 31.4 Å². The van der Waals surface area contributed by atoms with Gasteiger partial charge in [0.2, 0.25) is 0 Å². The number of thiazole rings is 1. The van der Waals surface area contributed by atoms with E-state index < -0.39 is 0 Å². The summed E-state index contributed by atoms with van der Waals surface area (Å²) in [5, 5.41) is 5.84. The zero-order valence-corrected chi connectivity index (χ0v) is 21.4. The third kappa shape index (κ3) is 5.35. The van der Waals surface area contributed by atoms with Gasteiger partial charge in [0.25, 0.3) is 11.8 Å². The quantitative estimate of drug-likeness (QED) is 0.397. The van der Waals surface area contributed by atoms with E-state index in [-0.39, 0.29) is 30.2 Å². The molecule has 1 atom stereocenters. The van der Waals surface area contributed by atoms with Gasteiger partial charge < -0.3 is 24.3 Å². The van der Waals surface area contributed by atoms with Crippen LogP contribution in [0.3, 0.4) is 0 Å². The van der Waals surface area contributed by atoms with Gasteiger partial charge in [-0.25, -0.2) is 9.37 Å². The fraction of sp³-hybridized carbons (Fsp3) is 0.296. The van der Waals surface area contributed by atoms with E-state index in [1.54, 1.807) is 46.7 Å². The average molecular weight is 523 g/mol. The van der Waals surface area contributed by atoms with Gasteiger partial charge in [-0.1, -0.05) is 18.2 Å². The van der Waals surface area contributed by atoms with Crippen LogP contribution in [-0.2, 0) is 6.42 Å². The fourth-order valence-electron chi connectivity index (χ4n) is 4.56. The van der Waals surface area contributed by atoms with Crippen molar-refractivity contribution < 1.29 is 23.1 Å². The third-order valence-electron chi connectivity index (χ3n) is 6.53. The number of piperazine rings is 1. The van der Waals surface area contributed by atoms with Crippen molar-refractivity contribution >= 4 is 34.1 Å². The van der Waals surface area contributed by atoms with Crippen molar-refractivity contribution in [2.75, 3.05) is 40.3 Å². The Hall–Kier alpha value is -3.76. The molecular formula is C27H27FN4O4S. The number of furan rings is 1. The van der Waals surface area contributed by atoms with Crippen molar-refractivity contribution in [2.24, 2.45) is 0 Å². The topological polar surface area (TPSA) is 87.9 Å². The predicted molar refractivity (Wildman–Crippen MR) is 139 cm³/mol. The summed E-state index contributed by atoms with van der Waals surface area (Å²) in [5.41, 5.74) is 2.20. The summed E-state index contributed by atoms with van der Waals surface area (Å²) in [6.07, 6.45) is 1.85. The smallest absolute Gasteiger partial charge is 0.283 e. The van der Waals surface area contributed by atoms with Crippen molar-refractivity contribution in [3.63, 3.8) is 0 Å². The van der Waals surface area contributed by atoms with Gasteiger partial charge in [0.1, 0.15) is 17.1 Å². The van der Waals surface area contributed by atoms with Crippen LogP contribution in [0.4, 0.5) is 4.39 Å². The summed E-state index contributed by atoms with van der Waals surface area (Å²) in [6.45, 7) is 2.12. The van der Waals surface area contributed by atoms with E-state index in [1.807, 2.05) is 7.05 Å². The Bertz CT molecular complexity index is 1430. The van der Waals surface area contributed by atoms with E-state index >= 15 is 0 Å². The van der Waals surface area contributed by atoms with Crippen molar-refractivity contribution in [1.82, 2.24) is 20.1 Å². The molecule has 0 saturated carbocycles. The normalized spacial score (nSPS) is 16.2. The van der Waals surface area contributed by atoms with Gasteiger partial charge in [0, 0.05) is 49.4 Å². The number of rotatable bonds is 7. The molecule has 10 heteroatoms. The number of nitrogens with zero attached hydrogens (tertiary/aromatic N) is 3. The number of likely N-dealkylation sites (N-methyl/N-ethyl adjacent to an activating group) is 1. The van der Waals surface area contributed by atoms with Gasteiger partial charge in [-0.05, 0) is 30.8 Å². The molecule has 0 aliphatic carbocycles. The maximum atomic E-state index is 14.1. The molecule has 0 radical (unpaired) electrons. The average Bonchev–Trinajstić information content (AvgIpc) is 3.57. The van der Waals surface area contributed by atoms with E-state index in [9.17, 15) is 14.0 Å². The molecule has 3 heterocycles. The molecule has 192 valence electrons. The lowest BCUT2D eigenvalue weighted by Crippen LogP contribution is -2.57. The van der Waals surface area contributed by atoms with Crippen LogP contribution >= 0.6 is 11.3 Å². The van der Waals surface area contributed by atoms with Gasteiger partial charge in [-0.3, -0.25) is 9.59 Å². The van der Waals surface area contributed by atoms with Gasteiger partial charge in [0.05, 0.1) is 30.7 Å². The van der Waals surface area contributed by atoms with Gasteiger partial charge in [-0.2, -0.15) is 0 Å². The summed E-state index contributed by atoms with van der Waals surface area (Å²) in [6, 6.07) is 11.5. The first-order valence-corrected chi connectivity index (χ1v) is 12.8. The maximum Gasteiger partial charge on any atom is 0.283 e. The van der Waals surface area contributed by atoms with Crippen LogP contribution in [0.2, 0.25) is 0 Å². The summed E-state index contributed by atoms with van der Waals surface area (Å²) < 4.78 is 24.8. The van der Waals surface area contributed by atoms with Crippen LogP contribution in [-0.4, -0.2) is 73.0 Å². The lowest BCUT2D eigenvalue weighted by molar-refractivity contribution is 0.0492. The zero-order chi connectivity index (χ0) is 25.9. The Balaban J connectivity index is 1.29. The molecule has 1 aliphatic rings. The number of hydrogen-bond acceptors (Lipinski definition) is 7. The first kappa shape index (κ1) is 24.9. The van der Waals surface area contributed by atoms with Gasteiger partial charge >= 0.3 is 0 Å². The number of halogens is 1. The highest BCUT2D eigenvalue weighted by atomic mass is 32.1. The second-order valence-electron chi connectivity index (χ2n) is 9.04. The highest BCUT2D eigenvalue weighted by Gasteiger charge is 2.31.